The number of ether oxygens (including phenoxy) is 1. The van der Waals surface area contributed by atoms with Gasteiger partial charge in [0.25, 0.3) is 5.91 Å². The Morgan fingerprint density at radius 3 is 2.62 bits per heavy atom. The van der Waals surface area contributed by atoms with Gasteiger partial charge in [-0.3, -0.25) is 9.69 Å². The fourth-order valence-corrected chi connectivity index (χ4v) is 6.01. The molecular weight excluding hydrogens is 660 g/mol. The average Bonchev–Trinajstić information content (AvgIpc) is 2.86. The van der Waals surface area contributed by atoms with E-state index in [0.29, 0.717) is 15.8 Å². The second kappa shape index (κ2) is 8.89. The Morgan fingerprint density at radius 2 is 1.96 bits per heavy atom. The van der Waals surface area contributed by atoms with E-state index < -0.39 is 0 Å². The molecule has 0 aliphatic carbocycles. The van der Waals surface area contributed by atoms with Crippen LogP contribution in [-0.4, -0.2) is 16.8 Å². The fraction of sp³-hybridized carbons (Fsp3) is 0.111. The number of amides is 1. The van der Waals surface area contributed by atoms with E-state index in [1.54, 1.807) is 4.90 Å². The second-order valence-electron chi connectivity index (χ2n) is 5.23. The molecule has 1 heterocycles. The third kappa shape index (κ3) is 4.45. The van der Waals surface area contributed by atoms with E-state index in [2.05, 4.69) is 67.2 Å². The summed E-state index contributed by atoms with van der Waals surface area (Å²) in [5.41, 5.74) is 1.65. The van der Waals surface area contributed by atoms with Gasteiger partial charge in [-0.15, -0.1) is 0 Å². The highest BCUT2D eigenvalue weighted by atomic mass is 127. The van der Waals surface area contributed by atoms with E-state index in [-0.39, 0.29) is 5.91 Å². The highest BCUT2D eigenvalue weighted by Crippen LogP contribution is 2.38. The van der Waals surface area contributed by atoms with Crippen molar-refractivity contribution in [3.8, 4) is 5.75 Å². The van der Waals surface area contributed by atoms with Crippen molar-refractivity contribution < 1.29 is 9.53 Å². The quantitative estimate of drug-likeness (QED) is 0.212. The number of rotatable bonds is 4. The lowest BCUT2D eigenvalue weighted by Crippen LogP contribution is -2.27. The van der Waals surface area contributed by atoms with Gasteiger partial charge in [0.2, 0.25) is 0 Å². The molecule has 26 heavy (non-hydrogen) atoms. The predicted molar refractivity (Wildman–Crippen MR) is 133 cm³/mol. The smallest absolute Gasteiger partial charge is 0.270 e. The van der Waals surface area contributed by atoms with Crippen LogP contribution in [0.4, 0.5) is 5.69 Å². The van der Waals surface area contributed by atoms with Crippen molar-refractivity contribution in [3.63, 3.8) is 0 Å². The molecule has 1 fully saturated rings. The van der Waals surface area contributed by atoms with Crippen LogP contribution in [0.15, 0.2) is 45.8 Å². The van der Waals surface area contributed by atoms with Crippen LogP contribution in [0, 0.1) is 7.14 Å². The number of benzene rings is 2. The van der Waals surface area contributed by atoms with Gasteiger partial charge in [0.05, 0.1) is 20.8 Å². The Balaban J connectivity index is 1.99. The molecule has 0 bridgehead atoms. The number of carbonyl (C=O) groups excluding carboxylic acids is 1. The minimum Gasteiger partial charge on any atom is -0.492 e. The van der Waals surface area contributed by atoms with Crippen molar-refractivity contribution in [2.75, 3.05) is 11.5 Å². The number of carbonyl (C=O) groups is 1. The number of thioether (sulfide) groups is 1. The molecular formula is C18H12BrI2NO2S2. The van der Waals surface area contributed by atoms with Gasteiger partial charge < -0.3 is 4.74 Å². The third-order valence-electron chi connectivity index (χ3n) is 3.49. The summed E-state index contributed by atoms with van der Waals surface area (Å²) in [4.78, 5) is 15.1. The molecule has 0 aromatic heterocycles. The molecule has 0 spiro atoms. The number of hydrogen-bond donors (Lipinski definition) is 0. The first-order valence-corrected chi connectivity index (χ1v) is 11.7. The van der Waals surface area contributed by atoms with Gasteiger partial charge in [0, 0.05) is 13.6 Å². The van der Waals surface area contributed by atoms with Gasteiger partial charge >= 0.3 is 0 Å². The number of nitrogens with zero attached hydrogens (tertiary/aromatic N) is 1. The zero-order valence-electron chi connectivity index (χ0n) is 13.5. The van der Waals surface area contributed by atoms with Gasteiger partial charge in [0.15, 0.2) is 4.32 Å². The number of anilines is 1. The Hall–Kier alpha value is -0.170. The highest BCUT2D eigenvalue weighted by molar-refractivity contribution is 14.1. The molecule has 2 aromatic carbocycles. The molecule has 1 amide bonds. The summed E-state index contributed by atoms with van der Waals surface area (Å²) in [6.45, 7) is 2.52. The van der Waals surface area contributed by atoms with Gasteiger partial charge in [0.1, 0.15) is 5.75 Å². The van der Waals surface area contributed by atoms with Crippen LogP contribution in [0.1, 0.15) is 12.5 Å². The molecule has 2 aromatic rings. The Bertz CT molecular complexity index is 916. The van der Waals surface area contributed by atoms with Crippen LogP contribution in [0.5, 0.6) is 5.75 Å². The van der Waals surface area contributed by atoms with Crippen LogP contribution in [0.25, 0.3) is 6.08 Å². The first kappa shape index (κ1) is 20.6. The van der Waals surface area contributed by atoms with Crippen molar-refractivity contribution in [1.29, 1.82) is 0 Å². The Labute approximate surface area is 197 Å². The monoisotopic (exact) mass is 671 g/mol. The molecule has 0 saturated carbocycles. The normalized spacial score (nSPS) is 15.8. The minimum absolute atomic E-state index is 0.112. The summed E-state index contributed by atoms with van der Waals surface area (Å²) in [5, 5.41) is 0. The van der Waals surface area contributed by atoms with Gasteiger partial charge in [-0.1, -0.05) is 39.9 Å². The third-order valence-corrected chi connectivity index (χ3v) is 6.75. The largest absolute Gasteiger partial charge is 0.492 e. The number of hydrogen-bond acceptors (Lipinski definition) is 4. The van der Waals surface area contributed by atoms with Crippen LogP contribution < -0.4 is 9.64 Å². The van der Waals surface area contributed by atoms with Crippen molar-refractivity contribution in [3.05, 3.63) is 58.5 Å². The lowest BCUT2D eigenvalue weighted by molar-refractivity contribution is -0.113. The van der Waals surface area contributed by atoms with Crippen LogP contribution >= 0.6 is 85.1 Å². The molecule has 1 aliphatic heterocycles. The predicted octanol–water partition coefficient (Wildman–Crippen LogP) is 6.46. The van der Waals surface area contributed by atoms with Crippen molar-refractivity contribution in [2.24, 2.45) is 0 Å². The first-order valence-electron chi connectivity index (χ1n) is 7.56. The SMILES string of the molecule is CCOc1c(I)cc(I)cc1/C=C1/SC(=S)N(c2ccc(Br)cc2)C1=O. The molecule has 0 unspecified atom stereocenters. The molecule has 3 nitrogen and oxygen atoms in total. The maximum absolute atomic E-state index is 12.9. The van der Waals surface area contributed by atoms with Crippen molar-refractivity contribution >= 4 is 107 Å². The fourth-order valence-electron chi connectivity index (χ4n) is 2.41. The topological polar surface area (TPSA) is 29.5 Å². The van der Waals surface area contributed by atoms with Gasteiger partial charge in [-0.05, 0) is 94.6 Å². The molecule has 1 aliphatic rings. The van der Waals surface area contributed by atoms with E-state index >= 15 is 0 Å². The highest BCUT2D eigenvalue weighted by Gasteiger charge is 2.33. The maximum atomic E-state index is 12.9. The zero-order valence-corrected chi connectivity index (χ0v) is 21.0. The minimum atomic E-state index is -0.112. The van der Waals surface area contributed by atoms with E-state index in [9.17, 15) is 4.79 Å². The Morgan fingerprint density at radius 1 is 1.27 bits per heavy atom. The van der Waals surface area contributed by atoms with Crippen molar-refractivity contribution in [1.82, 2.24) is 0 Å². The van der Waals surface area contributed by atoms with Crippen molar-refractivity contribution in [2.45, 2.75) is 6.92 Å². The first-order chi connectivity index (χ1) is 12.4. The summed E-state index contributed by atoms with van der Waals surface area (Å²) in [7, 11) is 0. The standard InChI is InChI=1S/C18H12BrI2NO2S2/c1-2-24-16-10(7-12(20)9-14(16)21)8-15-17(23)22(18(25)26-15)13-5-3-11(19)4-6-13/h3-9H,2H2,1H3/b15-8+. The number of halogens is 3. The number of thiocarbonyl (C=S) groups is 1. The average molecular weight is 672 g/mol. The van der Waals surface area contributed by atoms with E-state index in [1.807, 2.05) is 43.3 Å². The summed E-state index contributed by atoms with van der Waals surface area (Å²) >= 11 is 14.7. The van der Waals surface area contributed by atoms with Crippen LogP contribution in [-0.2, 0) is 4.79 Å². The molecule has 1 saturated heterocycles. The Kier molecular flexibility index (Phi) is 7.03. The second-order valence-corrected chi connectivity index (χ2v) is 10.2. The zero-order chi connectivity index (χ0) is 18.8. The molecule has 8 heteroatoms. The lowest BCUT2D eigenvalue weighted by atomic mass is 10.2. The van der Waals surface area contributed by atoms with Crippen LogP contribution in [0.3, 0.4) is 0 Å². The summed E-state index contributed by atoms with van der Waals surface area (Å²) in [5.74, 6) is 0.682. The molecule has 0 atom stereocenters. The van der Waals surface area contributed by atoms with E-state index in [0.717, 1.165) is 28.6 Å². The van der Waals surface area contributed by atoms with Crippen LogP contribution in [0.2, 0.25) is 0 Å². The molecule has 0 radical (unpaired) electrons. The molecule has 0 N–H and O–H groups in total. The summed E-state index contributed by atoms with van der Waals surface area (Å²) in [6.07, 6.45) is 1.87. The molecule has 134 valence electrons. The van der Waals surface area contributed by atoms with E-state index in [4.69, 9.17) is 17.0 Å². The summed E-state index contributed by atoms with van der Waals surface area (Å²) < 4.78 is 9.38. The maximum Gasteiger partial charge on any atom is 0.270 e. The van der Waals surface area contributed by atoms with Gasteiger partial charge in [-0.25, -0.2) is 0 Å². The van der Waals surface area contributed by atoms with Gasteiger partial charge in [-0.2, -0.15) is 0 Å². The molecule has 3 rings (SSSR count). The lowest BCUT2D eigenvalue weighted by Gasteiger charge is -2.14. The summed E-state index contributed by atoms with van der Waals surface area (Å²) in [6, 6.07) is 11.6. The van der Waals surface area contributed by atoms with E-state index in [1.165, 1.54) is 11.8 Å².